The fourth-order valence-corrected chi connectivity index (χ4v) is 2.92. The molecular weight excluding hydrogens is 454 g/mol. The highest BCUT2D eigenvalue weighted by molar-refractivity contribution is 9.14. The predicted molar refractivity (Wildman–Crippen MR) is 89.8 cm³/mol. The van der Waals surface area contributed by atoms with Gasteiger partial charge < -0.3 is 4.74 Å². The molecule has 2 rings (SSSR count). The summed E-state index contributed by atoms with van der Waals surface area (Å²) >= 11 is 10.2. The summed E-state index contributed by atoms with van der Waals surface area (Å²) in [4.78, 5) is 11.7. The second kappa shape index (κ2) is 7.24. The summed E-state index contributed by atoms with van der Waals surface area (Å²) in [5.74, 6) is 0. The van der Waals surface area contributed by atoms with Crippen molar-refractivity contribution in [2.75, 3.05) is 5.32 Å². The van der Waals surface area contributed by atoms with Crippen LogP contribution < -0.4 is 5.32 Å². The number of halogens is 3. The van der Waals surface area contributed by atoms with E-state index < -0.39 is 6.09 Å². The Hall–Kier alpha value is -0.850. The molecule has 0 aliphatic carbocycles. The van der Waals surface area contributed by atoms with E-state index in [1.54, 1.807) is 12.1 Å². The van der Waals surface area contributed by atoms with Crippen molar-refractivity contribution in [2.24, 2.45) is 0 Å². The topological polar surface area (TPSA) is 38.3 Å². The number of carbonyl (C=O) groups is 1. The van der Waals surface area contributed by atoms with Crippen LogP contribution in [0.3, 0.4) is 0 Å². The van der Waals surface area contributed by atoms with Crippen molar-refractivity contribution < 1.29 is 9.53 Å². The Morgan fingerprint density at radius 2 is 1.65 bits per heavy atom. The zero-order valence-electron chi connectivity index (χ0n) is 10.2. The lowest BCUT2D eigenvalue weighted by molar-refractivity contribution is 0.155. The Labute approximate surface area is 142 Å². The van der Waals surface area contributed by atoms with Crippen LogP contribution in [0, 0.1) is 0 Å². The summed E-state index contributed by atoms with van der Waals surface area (Å²) in [6.45, 7) is 0.242. The molecule has 0 aliphatic rings. The monoisotopic (exact) mass is 461 g/mol. The third-order valence-corrected chi connectivity index (χ3v) is 5.61. The molecule has 0 unspecified atom stereocenters. The maximum atomic E-state index is 11.7. The van der Waals surface area contributed by atoms with Gasteiger partial charge in [-0.15, -0.1) is 0 Å². The van der Waals surface area contributed by atoms with Crippen molar-refractivity contribution in [1.82, 2.24) is 0 Å². The van der Waals surface area contributed by atoms with E-state index in [4.69, 9.17) is 4.74 Å². The van der Waals surface area contributed by atoms with E-state index in [1.165, 1.54) is 0 Å². The molecule has 104 valence electrons. The normalized spacial score (nSPS) is 10.2. The summed E-state index contributed by atoms with van der Waals surface area (Å²) in [7, 11) is 0. The SMILES string of the molecule is O=C(Nc1cc(Br)c(Br)c(Br)c1)OCc1ccccc1. The molecule has 0 spiro atoms. The first-order valence-electron chi connectivity index (χ1n) is 5.68. The number of benzene rings is 2. The Kier molecular flexibility index (Phi) is 5.63. The molecule has 0 saturated carbocycles. The molecule has 1 N–H and O–H groups in total. The molecule has 0 atom stereocenters. The second-order valence-corrected chi connectivity index (χ2v) is 6.44. The molecule has 0 aliphatic heterocycles. The molecule has 20 heavy (non-hydrogen) atoms. The Morgan fingerprint density at radius 3 is 2.25 bits per heavy atom. The second-order valence-electron chi connectivity index (χ2n) is 3.94. The van der Waals surface area contributed by atoms with Gasteiger partial charge in [0.25, 0.3) is 0 Å². The fraction of sp³-hybridized carbons (Fsp3) is 0.0714. The molecular formula is C14H10Br3NO2. The van der Waals surface area contributed by atoms with Gasteiger partial charge >= 0.3 is 6.09 Å². The van der Waals surface area contributed by atoms with Crippen LogP contribution in [0.5, 0.6) is 0 Å². The van der Waals surface area contributed by atoms with Gasteiger partial charge in [-0.25, -0.2) is 4.79 Å². The van der Waals surface area contributed by atoms with Crippen LogP contribution in [0.25, 0.3) is 0 Å². The lowest BCUT2D eigenvalue weighted by Crippen LogP contribution is -2.13. The molecule has 0 heterocycles. The minimum Gasteiger partial charge on any atom is -0.444 e. The zero-order valence-corrected chi connectivity index (χ0v) is 15.0. The smallest absolute Gasteiger partial charge is 0.411 e. The van der Waals surface area contributed by atoms with E-state index in [0.717, 1.165) is 19.0 Å². The van der Waals surface area contributed by atoms with Crippen molar-refractivity contribution in [2.45, 2.75) is 6.61 Å². The average molecular weight is 464 g/mol. The van der Waals surface area contributed by atoms with Crippen molar-refractivity contribution in [3.05, 3.63) is 61.4 Å². The number of hydrogen-bond donors (Lipinski definition) is 1. The fourth-order valence-electron chi connectivity index (χ4n) is 1.50. The van der Waals surface area contributed by atoms with Gasteiger partial charge in [-0.2, -0.15) is 0 Å². The quantitative estimate of drug-likeness (QED) is 0.591. The third-order valence-electron chi connectivity index (χ3n) is 2.44. The molecule has 0 bridgehead atoms. The Morgan fingerprint density at radius 1 is 1.05 bits per heavy atom. The van der Waals surface area contributed by atoms with Crippen LogP contribution in [0.1, 0.15) is 5.56 Å². The molecule has 0 saturated heterocycles. The van der Waals surface area contributed by atoms with Crippen molar-refractivity contribution in [1.29, 1.82) is 0 Å². The number of ether oxygens (including phenoxy) is 1. The highest BCUT2D eigenvalue weighted by Gasteiger charge is 2.08. The van der Waals surface area contributed by atoms with Gasteiger partial charge in [-0.3, -0.25) is 5.32 Å². The molecule has 3 nitrogen and oxygen atoms in total. The summed E-state index contributed by atoms with van der Waals surface area (Å²) in [6, 6.07) is 13.1. The van der Waals surface area contributed by atoms with Crippen LogP contribution in [0.4, 0.5) is 10.5 Å². The van der Waals surface area contributed by atoms with Crippen LogP contribution in [-0.4, -0.2) is 6.09 Å². The van der Waals surface area contributed by atoms with Gasteiger partial charge in [0.2, 0.25) is 0 Å². The summed E-state index contributed by atoms with van der Waals surface area (Å²) < 4.78 is 7.72. The third kappa shape index (κ3) is 4.33. The lowest BCUT2D eigenvalue weighted by atomic mass is 10.2. The molecule has 0 fully saturated rings. The van der Waals surface area contributed by atoms with Crippen molar-refractivity contribution >= 4 is 59.6 Å². The number of nitrogens with one attached hydrogen (secondary N) is 1. The zero-order chi connectivity index (χ0) is 14.5. The summed E-state index contributed by atoms with van der Waals surface area (Å²) in [6.07, 6.45) is -0.491. The van der Waals surface area contributed by atoms with E-state index in [-0.39, 0.29) is 6.61 Å². The van der Waals surface area contributed by atoms with E-state index in [9.17, 15) is 4.79 Å². The summed E-state index contributed by atoms with van der Waals surface area (Å²) in [5, 5.41) is 2.68. The van der Waals surface area contributed by atoms with Gasteiger partial charge in [0.15, 0.2) is 0 Å². The van der Waals surface area contributed by atoms with Crippen molar-refractivity contribution in [3.8, 4) is 0 Å². The van der Waals surface area contributed by atoms with Crippen LogP contribution in [0.2, 0.25) is 0 Å². The molecule has 0 aromatic heterocycles. The number of amides is 1. The van der Waals surface area contributed by atoms with Crippen molar-refractivity contribution in [3.63, 3.8) is 0 Å². The highest BCUT2D eigenvalue weighted by atomic mass is 79.9. The minimum atomic E-state index is -0.491. The molecule has 6 heteroatoms. The Bertz CT molecular complexity index is 594. The first-order valence-corrected chi connectivity index (χ1v) is 8.06. The predicted octanol–water partition coefficient (Wildman–Crippen LogP) is 5.72. The maximum Gasteiger partial charge on any atom is 0.411 e. The van der Waals surface area contributed by atoms with Gasteiger partial charge in [0.1, 0.15) is 6.61 Å². The standard InChI is InChI=1S/C14H10Br3NO2/c15-11-6-10(7-12(16)13(11)17)18-14(19)20-8-9-4-2-1-3-5-9/h1-7H,8H2,(H,18,19). The first kappa shape index (κ1) is 15.5. The van der Waals surface area contributed by atoms with Gasteiger partial charge in [-0.1, -0.05) is 30.3 Å². The van der Waals surface area contributed by atoms with Gasteiger partial charge in [-0.05, 0) is 65.5 Å². The number of carbonyl (C=O) groups excluding carboxylic acids is 1. The minimum absolute atomic E-state index is 0.242. The Balaban J connectivity index is 1.95. The molecule has 2 aromatic rings. The lowest BCUT2D eigenvalue weighted by Gasteiger charge is -2.09. The summed E-state index contributed by atoms with van der Waals surface area (Å²) in [5.41, 5.74) is 1.59. The first-order chi connectivity index (χ1) is 9.56. The van der Waals surface area contributed by atoms with Crippen LogP contribution in [-0.2, 0) is 11.3 Å². The molecule has 1 amide bonds. The van der Waals surface area contributed by atoms with E-state index >= 15 is 0 Å². The van der Waals surface area contributed by atoms with Gasteiger partial charge in [0.05, 0.1) is 0 Å². The highest BCUT2D eigenvalue weighted by Crippen LogP contribution is 2.34. The van der Waals surface area contributed by atoms with Gasteiger partial charge in [0, 0.05) is 19.1 Å². The van der Waals surface area contributed by atoms with Crippen LogP contribution in [0.15, 0.2) is 55.9 Å². The maximum absolute atomic E-state index is 11.7. The van der Waals surface area contributed by atoms with E-state index in [0.29, 0.717) is 5.69 Å². The molecule has 0 radical (unpaired) electrons. The largest absolute Gasteiger partial charge is 0.444 e. The number of rotatable bonds is 3. The molecule has 2 aromatic carbocycles. The van der Waals surface area contributed by atoms with E-state index in [2.05, 4.69) is 53.1 Å². The van der Waals surface area contributed by atoms with E-state index in [1.807, 2.05) is 30.3 Å². The van der Waals surface area contributed by atoms with Crippen LogP contribution >= 0.6 is 47.8 Å². The number of hydrogen-bond acceptors (Lipinski definition) is 2. The average Bonchev–Trinajstić information content (AvgIpc) is 2.43. The number of anilines is 1.